The third-order valence-electron chi connectivity index (χ3n) is 3.68. The van der Waals surface area contributed by atoms with Crippen LogP contribution in [0.5, 0.6) is 0 Å². The molecule has 0 fully saturated rings. The summed E-state index contributed by atoms with van der Waals surface area (Å²) in [6.45, 7) is 0. The summed E-state index contributed by atoms with van der Waals surface area (Å²) in [7, 11) is 0. The molecular weight excluding hydrogens is 258 g/mol. The highest BCUT2D eigenvalue weighted by atomic mass is 16.3. The Morgan fingerprint density at radius 1 is 1.00 bits per heavy atom. The Morgan fingerprint density at radius 3 is 2.62 bits per heavy atom. The second-order valence-electron chi connectivity index (χ2n) is 5.29. The molecule has 2 heteroatoms. The topological polar surface area (TPSA) is 33.1 Å². The average Bonchev–Trinajstić information content (AvgIpc) is 2.57. The number of aliphatic hydroxyl groups is 1. The van der Waals surface area contributed by atoms with Crippen molar-refractivity contribution >= 4 is 0 Å². The van der Waals surface area contributed by atoms with Gasteiger partial charge in [-0.2, -0.15) is 0 Å². The third-order valence-corrected chi connectivity index (χ3v) is 3.68. The standard InChI is InChI=1S/C19H19NO/c21-19(14-15-8-3-1-4-9-15)18-13-7-12-17(20-18)16-10-5-2-6-11-16/h2-3,5-13,19,21H,1,4,14H2. The lowest BCUT2D eigenvalue weighted by Crippen LogP contribution is -2.03. The maximum absolute atomic E-state index is 10.4. The van der Waals surface area contributed by atoms with Crippen LogP contribution in [0.25, 0.3) is 11.3 Å². The number of pyridine rings is 1. The smallest absolute Gasteiger partial charge is 0.1000 e. The lowest BCUT2D eigenvalue weighted by atomic mass is 9.99. The van der Waals surface area contributed by atoms with Gasteiger partial charge in [-0.05, 0) is 30.5 Å². The quantitative estimate of drug-likeness (QED) is 0.895. The molecule has 1 unspecified atom stereocenters. The van der Waals surface area contributed by atoms with Gasteiger partial charge < -0.3 is 5.11 Å². The number of rotatable bonds is 4. The van der Waals surface area contributed by atoms with E-state index in [-0.39, 0.29) is 0 Å². The van der Waals surface area contributed by atoms with Crippen LogP contribution >= 0.6 is 0 Å². The minimum absolute atomic E-state index is 0.553. The molecule has 0 spiro atoms. The molecule has 21 heavy (non-hydrogen) atoms. The highest BCUT2D eigenvalue weighted by Crippen LogP contribution is 2.25. The van der Waals surface area contributed by atoms with E-state index >= 15 is 0 Å². The summed E-state index contributed by atoms with van der Waals surface area (Å²) in [5, 5.41) is 10.4. The Bertz CT molecular complexity index is 658. The highest BCUT2D eigenvalue weighted by molar-refractivity contribution is 5.58. The molecule has 0 saturated carbocycles. The minimum atomic E-state index is -0.553. The largest absolute Gasteiger partial charge is 0.386 e. The van der Waals surface area contributed by atoms with Crippen LogP contribution < -0.4 is 0 Å². The number of nitrogens with zero attached hydrogens (tertiary/aromatic N) is 1. The zero-order valence-corrected chi connectivity index (χ0v) is 11.9. The fourth-order valence-electron chi connectivity index (χ4n) is 2.55. The van der Waals surface area contributed by atoms with E-state index in [0.717, 1.165) is 29.8 Å². The molecule has 1 aromatic heterocycles. The lowest BCUT2D eigenvalue weighted by Gasteiger charge is -2.14. The third kappa shape index (κ3) is 3.47. The Morgan fingerprint density at radius 2 is 1.86 bits per heavy atom. The summed E-state index contributed by atoms with van der Waals surface area (Å²) >= 11 is 0. The lowest BCUT2D eigenvalue weighted by molar-refractivity contribution is 0.174. The number of aliphatic hydroxyl groups excluding tert-OH is 1. The maximum atomic E-state index is 10.4. The number of hydrogen-bond acceptors (Lipinski definition) is 2. The summed E-state index contributed by atoms with van der Waals surface area (Å²) in [4.78, 5) is 4.61. The van der Waals surface area contributed by atoms with Gasteiger partial charge in [0.25, 0.3) is 0 Å². The van der Waals surface area contributed by atoms with Gasteiger partial charge in [0.1, 0.15) is 0 Å². The van der Waals surface area contributed by atoms with Gasteiger partial charge in [0.15, 0.2) is 0 Å². The SMILES string of the molecule is OC(CC1=CCCC=C1)c1cccc(-c2ccccc2)n1. The van der Waals surface area contributed by atoms with Gasteiger partial charge >= 0.3 is 0 Å². The fourth-order valence-corrected chi connectivity index (χ4v) is 2.55. The first kappa shape index (κ1) is 13.8. The number of allylic oxidation sites excluding steroid dienone is 3. The van der Waals surface area contributed by atoms with Crippen LogP contribution in [0, 0.1) is 0 Å². The van der Waals surface area contributed by atoms with E-state index in [1.165, 1.54) is 5.57 Å². The molecule has 1 aromatic carbocycles. The van der Waals surface area contributed by atoms with E-state index in [4.69, 9.17) is 0 Å². The van der Waals surface area contributed by atoms with Crippen molar-refractivity contribution in [3.63, 3.8) is 0 Å². The van der Waals surface area contributed by atoms with Crippen molar-refractivity contribution in [2.24, 2.45) is 0 Å². The Balaban J connectivity index is 1.79. The molecule has 106 valence electrons. The van der Waals surface area contributed by atoms with Crippen molar-refractivity contribution in [3.8, 4) is 11.3 Å². The molecule has 1 aliphatic rings. The van der Waals surface area contributed by atoms with Crippen molar-refractivity contribution in [1.29, 1.82) is 0 Å². The van der Waals surface area contributed by atoms with Gasteiger partial charge in [0, 0.05) is 12.0 Å². The normalized spacial score (nSPS) is 15.6. The van der Waals surface area contributed by atoms with E-state index < -0.39 is 6.10 Å². The highest BCUT2D eigenvalue weighted by Gasteiger charge is 2.12. The first-order valence-corrected chi connectivity index (χ1v) is 7.39. The molecule has 0 aliphatic heterocycles. The monoisotopic (exact) mass is 277 g/mol. The van der Waals surface area contributed by atoms with Gasteiger partial charge in [-0.15, -0.1) is 0 Å². The molecule has 2 nitrogen and oxygen atoms in total. The zero-order chi connectivity index (χ0) is 14.5. The molecule has 0 amide bonds. The first-order valence-electron chi connectivity index (χ1n) is 7.39. The summed E-state index contributed by atoms with van der Waals surface area (Å²) in [6.07, 6.45) is 8.70. The van der Waals surface area contributed by atoms with Gasteiger partial charge in [0.2, 0.25) is 0 Å². The van der Waals surface area contributed by atoms with E-state index in [1.807, 2.05) is 48.5 Å². The van der Waals surface area contributed by atoms with Crippen LogP contribution in [0.3, 0.4) is 0 Å². The van der Waals surface area contributed by atoms with Crippen LogP contribution in [-0.4, -0.2) is 10.1 Å². The Kier molecular flexibility index (Phi) is 4.27. The van der Waals surface area contributed by atoms with E-state index in [9.17, 15) is 5.11 Å². The van der Waals surface area contributed by atoms with Gasteiger partial charge in [-0.25, -0.2) is 0 Å². The van der Waals surface area contributed by atoms with Crippen molar-refractivity contribution in [3.05, 3.63) is 78.0 Å². The van der Waals surface area contributed by atoms with E-state index in [1.54, 1.807) is 0 Å². The molecule has 1 N–H and O–H groups in total. The number of aromatic nitrogens is 1. The van der Waals surface area contributed by atoms with Crippen LogP contribution in [0.1, 0.15) is 31.1 Å². The van der Waals surface area contributed by atoms with Crippen LogP contribution in [-0.2, 0) is 0 Å². The maximum Gasteiger partial charge on any atom is 0.1000 e. The predicted molar refractivity (Wildman–Crippen MR) is 85.7 cm³/mol. The first-order chi connectivity index (χ1) is 10.3. The van der Waals surface area contributed by atoms with Gasteiger partial charge in [0.05, 0.1) is 17.5 Å². The van der Waals surface area contributed by atoms with Gasteiger partial charge in [-0.3, -0.25) is 4.98 Å². The molecule has 2 aromatic rings. The molecule has 1 heterocycles. The molecular formula is C19H19NO. The molecule has 0 radical (unpaired) electrons. The summed E-state index contributed by atoms with van der Waals surface area (Å²) in [5.74, 6) is 0. The van der Waals surface area contributed by atoms with Crippen molar-refractivity contribution in [1.82, 2.24) is 4.98 Å². The molecule has 1 aliphatic carbocycles. The summed E-state index contributed by atoms with van der Waals surface area (Å²) in [6, 6.07) is 15.9. The summed E-state index contributed by atoms with van der Waals surface area (Å²) in [5.41, 5.74) is 3.90. The average molecular weight is 277 g/mol. The van der Waals surface area contributed by atoms with E-state index in [0.29, 0.717) is 6.42 Å². The molecule has 0 saturated heterocycles. The molecule has 0 bridgehead atoms. The van der Waals surface area contributed by atoms with Crippen molar-refractivity contribution in [2.75, 3.05) is 0 Å². The second-order valence-corrected chi connectivity index (χ2v) is 5.29. The summed E-state index contributed by atoms with van der Waals surface area (Å²) < 4.78 is 0. The Labute approximate surface area is 125 Å². The second kappa shape index (κ2) is 6.51. The molecule has 1 atom stereocenters. The fraction of sp³-hybridized carbons (Fsp3) is 0.211. The minimum Gasteiger partial charge on any atom is -0.386 e. The molecule has 3 rings (SSSR count). The van der Waals surface area contributed by atoms with Crippen molar-refractivity contribution in [2.45, 2.75) is 25.4 Å². The number of benzene rings is 1. The van der Waals surface area contributed by atoms with Crippen LogP contribution in [0.15, 0.2) is 72.3 Å². The van der Waals surface area contributed by atoms with Gasteiger partial charge in [-0.1, -0.05) is 54.6 Å². The van der Waals surface area contributed by atoms with Crippen molar-refractivity contribution < 1.29 is 5.11 Å². The predicted octanol–water partition coefficient (Wildman–Crippen LogP) is 4.45. The van der Waals surface area contributed by atoms with E-state index in [2.05, 4.69) is 23.2 Å². The number of hydrogen-bond donors (Lipinski definition) is 1. The van der Waals surface area contributed by atoms with Crippen LogP contribution in [0.4, 0.5) is 0 Å². The zero-order valence-electron chi connectivity index (χ0n) is 11.9. The Hall–Kier alpha value is -2.19. The van der Waals surface area contributed by atoms with Crippen LogP contribution in [0.2, 0.25) is 0 Å².